The second-order valence-electron chi connectivity index (χ2n) is 10.5. The molecule has 2 heterocycles. The number of aryl methyl sites for hydroxylation is 1. The average Bonchev–Trinajstić information content (AvgIpc) is 3.17. The van der Waals surface area contributed by atoms with Gasteiger partial charge in [-0.3, -0.25) is 9.59 Å². The lowest BCUT2D eigenvalue weighted by Crippen LogP contribution is -2.46. The van der Waals surface area contributed by atoms with Gasteiger partial charge in [0.2, 0.25) is 0 Å². The molecule has 0 aliphatic carbocycles. The SMILES string of the molecule is C/C(=C\c1csc(C)n1)C1(C)C/C=C/CCC[C@H](C)[C@H](O)[C@@H](C)C(=O)C(C)(C)[C@@H](O)CC(=O)O1. The largest absolute Gasteiger partial charge is 0.454 e. The lowest BCUT2D eigenvalue weighted by molar-refractivity contribution is -0.160. The van der Waals surface area contributed by atoms with Gasteiger partial charge in [-0.2, -0.15) is 0 Å². The maximum Gasteiger partial charge on any atom is 0.309 e. The van der Waals surface area contributed by atoms with E-state index in [-0.39, 0.29) is 18.1 Å². The second-order valence-corrected chi connectivity index (χ2v) is 11.6. The normalized spacial score (nSPS) is 33.4. The van der Waals surface area contributed by atoms with Crippen molar-refractivity contribution in [1.29, 1.82) is 0 Å². The van der Waals surface area contributed by atoms with Gasteiger partial charge in [-0.1, -0.05) is 39.8 Å². The summed E-state index contributed by atoms with van der Waals surface area (Å²) in [6.07, 6.45) is 6.69. The first-order valence-corrected chi connectivity index (χ1v) is 13.0. The minimum absolute atomic E-state index is 0.0461. The van der Waals surface area contributed by atoms with Crippen LogP contribution >= 0.6 is 11.3 Å². The van der Waals surface area contributed by atoms with Crippen LogP contribution in [0, 0.1) is 24.2 Å². The molecule has 1 aromatic heterocycles. The fourth-order valence-electron chi connectivity index (χ4n) is 4.36. The van der Waals surface area contributed by atoms with Crippen molar-refractivity contribution in [3.05, 3.63) is 33.8 Å². The summed E-state index contributed by atoms with van der Waals surface area (Å²) >= 11 is 1.56. The number of ketones is 1. The molecule has 2 N–H and O–H groups in total. The molecule has 0 aromatic carbocycles. The Labute approximate surface area is 208 Å². The Morgan fingerprint density at radius 3 is 2.50 bits per heavy atom. The quantitative estimate of drug-likeness (QED) is 0.432. The Balaban J connectivity index is 2.35. The van der Waals surface area contributed by atoms with Gasteiger partial charge in [0.05, 0.1) is 34.7 Å². The number of esters is 1. The summed E-state index contributed by atoms with van der Waals surface area (Å²) in [5.74, 6) is -1.51. The molecule has 1 aromatic rings. The van der Waals surface area contributed by atoms with Crippen LogP contribution in [0.3, 0.4) is 0 Å². The van der Waals surface area contributed by atoms with Crippen LogP contribution in [0.2, 0.25) is 0 Å². The number of nitrogens with zero attached hydrogens (tertiary/aromatic N) is 1. The summed E-state index contributed by atoms with van der Waals surface area (Å²) in [5.41, 5.74) is -0.434. The van der Waals surface area contributed by atoms with Crippen molar-refractivity contribution in [2.24, 2.45) is 17.3 Å². The number of allylic oxidation sites excluding steroid dienone is 1. The zero-order valence-corrected chi connectivity index (χ0v) is 22.4. The smallest absolute Gasteiger partial charge is 0.309 e. The Kier molecular flexibility index (Phi) is 9.80. The third-order valence-electron chi connectivity index (χ3n) is 7.22. The molecular weight excluding hydrogens is 450 g/mol. The Morgan fingerprint density at radius 1 is 1.21 bits per heavy atom. The van der Waals surface area contributed by atoms with Gasteiger partial charge < -0.3 is 14.9 Å². The minimum atomic E-state index is -1.23. The number of hydrogen-bond acceptors (Lipinski definition) is 7. The van der Waals surface area contributed by atoms with Crippen LogP contribution in [-0.4, -0.2) is 44.8 Å². The molecule has 6 nitrogen and oxygen atoms in total. The number of cyclic esters (lactones) is 1. The number of carbonyl (C=O) groups is 2. The van der Waals surface area contributed by atoms with Crippen molar-refractivity contribution in [2.75, 3.05) is 0 Å². The first-order valence-electron chi connectivity index (χ1n) is 12.2. The molecule has 5 atom stereocenters. The van der Waals surface area contributed by atoms with Gasteiger partial charge in [0, 0.05) is 17.7 Å². The van der Waals surface area contributed by atoms with Crippen LogP contribution in [0.25, 0.3) is 6.08 Å². The molecule has 0 fully saturated rings. The molecule has 34 heavy (non-hydrogen) atoms. The molecule has 0 amide bonds. The summed E-state index contributed by atoms with van der Waals surface area (Å²) in [6, 6.07) is 0. The van der Waals surface area contributed by atoms with E-state index in [2.05, 4.69) is 11.1 Å². The summed E-state index contributed by atoms with van der Waals surface area (Å²) in [5, 5.41) is 24.5. The van der Waals surface area contributed by atoms with Crippen LogP contribution in [0.5, 0.6) is 0 Å². The fraction of sp³-hybridized carbons (Fsp3) is 0.667. The predicted molar refractivity (Wildman–Crippen MR) is 136 cm³/mol. The van der Waals surface area contributed by atoms with Crippen LogP contribution < -0.4 is 0 Å². The van der Waals surface area contributed by atoms with E-state index in [1.807, 2.05) is 45.2 Å². The Hall–Kier alpha value is -1.83. The summed E-state index contributed by atoms with van der Waals surface area (Å²) in [7, 11) is 0. The molecule has 1 aliphatic heterocycles. The molecule has 1 aliphatic rings. The van der Waals surface area contributed by atoms with E-state index in [0.29, 0.717) is 6.42 Å². The number of thiazole rings is 1. The minimum Gasteiger partial charge on any atom is -0.454 e. The molecule has 0 saturated heterocycles. The van der Waals surface area contributed by atoms with Crippen LogP contribution in [0.4, 0.5) is 0 Å². The van der Waals surface area contributed by atoms with Crippen molar-refractivity contribution in [3.8, 4) is 0 Å². The summed E-state index contributed by atoms with van der Waals surface area (Å²) < 4.78 is 5.94. The van der Waals surface area contributed by atoms with Crippen molar-refractivity contribution < 1.29 is 24.5 Å². The monoisotopic (exact) mass is 491 g/mol. The van der Waals surface area contributed by atoms with E-state index in [0.717, 1.165) is 35.5 Å². The standard InChI is InChI=1S/C27H41NO5S/c1-17-12-10-8-9-11-13-27(7,18(2)14-21-16-34-20(4)28-21)33-23(30)15-22(29)26(5,6)25(32)19(3)24(17)31/h9,11,14,16-17,19,22,24,29,31H,8,10,12-13,15H2,1-7H3/b11-9+,18-14+/t17-,19+,22-,24-,27?/m0/s1. The summed E-state index contributed by atoms with van der Waals surface area (Å²) in [6.45, 7) is 12.6. The predicted octanol–water partition coefficient (Wildman–Crippen LogP) is 5.27. The highest BCUT2D eigenvalue weighted by Gasteiger charge is 2.43. The van der Waals surface area contributed by atoms with E-state index >= 15 is 0 Å². The van der Waals surface area contributed by atoms with Crippen molar-refractivity contribution in [3.63, 3.8) is 0 Å². The number of aromatic nitrogens is 1. The number of aliphatic hydroxyl groups is 2. The maximum absolute atomic E-state index is 13.2. The lowest BCUT2D eigenvalue weighted by atomic mass is 9.73. The number of ether oxygens (including phenoxy) is 1. The van der Waals surface area contributed by atoms with Crippen LogP contribution in [-0.2, 0) is 14.3 Å². The summed E-state index contributed by atoms with van der Waals surface area (Å²) in [4.78, 5) is 30.6. The number of hydrogen-bond donors (Lipinski definition) is 2. The highest BCUT2D eigenvalue weighted by molar-refractivity contribution is 7.09. The third kappa shape index (κ3) is 7.09. The molecular formula is C27H41NO5S. The molecule has 0 bridgehead atoms. The lowest BCUT2D eigenvalue weighted by Gasteiger charge is -2.35. The first kappa shape index (κ1) is 28.4. The van der Waals surface area contributed by atoms with E-state index in [4.69, 9.17) is 4.74 Å². The number of Topliss-reactive ketones (excluding diaryl/α,β-unsaturated/α-hetero) is 1. The van der Waals surface area contributed by atoms with Gasteiger partial charge in [-0.25, -0.2) is 4.98 Å². The topological polar surface area (TPSA) is 96.7 Å². The third-order valence-corrected chi connectivity index (χ3v) is 8.01. The Morgan fingerprint density at radius 2 is 1.88 bits per heavy atom. The molecule has 0 spiro atoms. The van der Waals surface area contributed by atoms with E-state index < -0.39 is 35.1 Å². The molecule has 0 radical (unpaired) electrons. The number of rotatable bonds is 2. The van der Waals surface area contributed by atoms with E-state index in [1.54, 1.807) is 32.1 Å². The first-order chi connectivity index (χ1) is 15.8. The van der Waals surface area contributed by atoms with Gasteiger partial charge in [-0.15, -0.1) is 11.3 Å². The van der Waals surface area contributed by atoms with Crippen molar-refractivity contribution in [2.45, 2.75) is 98.4 Å². The van der Waals surface area contributed by atoms with Crippen LogP contribution in [0.1, 0.15) is 84.3 Å². The molecule has 1 unspecified atom stereocenters. The molecule has 2 rings (SSSR count). The van der Waals surface area contributed by atoms with Crippen molar-refractivity contribution >= 4 is 29.2 Å². The van der Waals surface area contributed by atoms with Gasteiger partial charge in [0.25, 0.3) is 0 Å². The van der Waals surface area contributed by atoms with Crippen molar-refractivity contribution in [1.82, 2.24) is 4.98 Å². The van der Waals surface area contributed by atoms with Crippen LogP contribution in [0.15, 0.2) is 23.1 Å². The maximum atomic E-state index is 13.2. The van der Waals surface area contributed by atoms with Gasteiger partial charge in [0.15, 0.2) is 0 Å². The van der Waals surface area contributed by atoms with Gasteiger partial charge in [-0.05, 0) is 57.6 Å². The second kappa shape index (κ2) is 11.7. The van der Waals surface area contributed by atoms with E-state index in [1.165, 1.54) is 0 Å². The molecule has 190 valence electrons. The molecule has 7 heteroatoms. The zero-order chi connectivity index (χ0) is 25.7. The van der Waals surface area contributed by atoms with E-state index in [9.17, 15) is 19.8 Å². The zero-order valence-electron chi connectivity index (χ0n) is 21.6. The highest BCUT2D eigenvalue weighted by atomic mass is 32.1. The fourth-order valence-corrected chi connectivity index (χ4v) is 4.93. The van der Waals surface area contributed by atoms with Gasteiger partial charge in [0.1, 0.15) is 11.4 Å². The van der Waals surface area contributed by atoms with Gasteiger partial charge >= 0.3 is 5.97 Å². The number of carbonyl (C=O) groups excluding carboxylic acids is 2. The average molecular weight is 492 g/mol. The molecule has 0 saturated carbocycles. The highest BCUT2D eigenvalue weighted by Crippen LogP contribution is 2.34. The Bertz CT molecular complexity index is 918. The number of aliphatic hydroxyl groups excluding tert-OH is 2.